The number of nitrogens with zero attached hydrogens (tertiary/aromatic N) is 1. The maximum absolute atomic E-state index is 10.8. The van der Waals surface area contributed by atoms with Crippen molar-refractivity contribution in [3.8, 4) is 11.5 Å². The van der Waals surface area contributed by atoms with Crippen LogP contribution in [0.4, 0.5) is 0 Å². The van der Waals surface area contributed by atoms with Crippen LogP contribution < -0.4 is 9.47 Å². The number of ether oxygens (including phenoxy) is 2. The molecule has 1 heterocycles. The normalized spacial score (nSPS) is 13.6. The molecule has 0 saturated carbocycles. The minimum absolute atomic E-state index is 0.279. The number of benzene rings is 3. The monoisotopic (exact) mass is 403 g/mol. The van der Waals surface area contributed by atoms with E-state index in [9.17, 15) is 5.11 Å². The molecule has 0 amide bonds. The molecule has 30 heavy (non-hydrogen) atoms. The molecule has 1 aliphatic heterocycles. The predicted octanol–water partition coefficient (Wildman–Crippen LogP) is 4.64. The summed E-state index contributed by atoms with van der Waals surface area (Å²) in [5.74, 6) is 1.59. The van der Waals surface area contributed by atoms with Gasteiger partial charge in [0.25, 0.3) is 0 Å². The molecule has 0 radical (unpaired) electrons. The highest BCUT2D eigenvalue weighted by Gasteiger charge is 2.18. The Balaban J connectivity index is 1.51. The zero-order valence-corrected chi connectivity index (χ0v) is 17.7. The Morgan fingerprint density at radius 1 is 0.867 bits per heavy atom. The average molecular weight is 404 g/mol. The molecule has 0 aromatic heterocycles. The highest BCUT2D eigenvalue weighted by atomic mass is 16.7. The second kappa shape index (κ2) is 9.33. The first-order valence-electron chi connectivity index (χ1n) is 10.5. The minimum Gasteiger partial charge on any atom is -0.454 e. The van der Waals surface area contributed by atoms with Crippen molar-refractivity contribution in [2.75, 3.05) is 13.3 Å². The summed E-state index contributed by atoms with van der Waals surface area (Å²) < 4.78 is 11.0. The fourth-order valence-corrected chi connectivity index (χ4v) is 3.94. The van der Waals surface area contributed by atoms with Crippen LogP contribution in [0.15, 0.2) is 66.7 Å². The summed E-state index contributed by atoms with van der Waals surface area (Å²) in [5.41, 5.74) is 6.12. The van der Waals surface area contributed by atoms with E-state index in [0.717, 1.165) is 35.7 Å². The zero-order chi connectivity index (χ0) is 20.9. The Labute approximate surface area is 178 Å². The van der Waals surface area contributed by atoms with E-state index in [2.05, 4.69) is 55.1 Å². The summed E-state index contributed by atoms with van der Waals surface area (Å²) in [6.07, 6.45) is 0.206. The molecule has 4 rings (SSSR count). The summed E-state index contributed by atoms with van der Waals surface area (Å²) in [7, 11) is 0. The third-order valence-corrected chi connectivity index (χ3v) is 5.52. The largest absolute Gasteiger partial charge is 0.454 e. The van der Waals surface area contributed by atoms with Crippen molar-refractivity contribution >= 4 is 0 Å². The summed E-state index contributed by atoms with van der Waals surface area (Å²) >= 11 is 0. The van der Waals surface area contributed by atoms with E-state index >= 15 is 0 Å². The van der Waals surface area contributed by atoms with Crippen molar-refractivity contribution in [3.05, 3.63) is 94.5 Å². The van der Waals surface area contributed by atoms with Crippen molar-refractivity contribution in [2.45, 2.75) is 39.5 Å². The summed E-state index contributed by atoms with van der Waals surface area (Å²) in [5, 5.41) is 10.8. The number of aliphatic hydroxyl groups is 1. The maximum Gasteiger partial charge on any atom is 0.231 e. The quantitative estimate of drug-likeness (QED) is 0.595. The number of rotatable bonds is 8. The van der Waals surface area contributed by atoms with Crippen molar-refractivity contribution in [3.63, 3.8) is 0 Å². The molecule has 3 aromatic rings. The third kappa shape index (κ3) is 5.21. The van der Waals surface area contributed by atoms with Crippen molar-refractivity contribution < 1.29 is 14.6 Å². The van der Waals surface area contributed by atoms with Gasteiger partial charge < -0.3 is 14.6 Å². The molecule has 1 aliphatic rings. The van der Waals surface area contributed by atoms with E-state index in [0.29, 0.717) is 13.0 Å². The molecule has 0 spiro atoms. The number of hydrogen-bond donors (Lipinski definition) is 1. The van der Waals surface area contributed by atoms with E-state index in [4.69, 9.17) is 9.47 Å². The van der Waals surface area contributed by atoms with Crippen LogP contribution in [0.1, 0.15) is 27.8 Å². The fourth-order valence-electron chi connectivity index (χ4n) is 3.94. The lowest BCUT2D eigenvalue weighted by Crippen LogP contribution is -2.33. The van der Waals surface area contributed by atoms with Gasteiger partial charge in [0.1, 0.15) is 0 Å². The van der Waals surface area contributed by atoms with E-state index in [1.54, 1.807) is 0 Å². The molecule has 0 bridgehead atoms. The van der Waals surface area contributed by atoms with Crippen LogP contribution in [0.2, 0.25) is 0 Å². The van der Waals surface area contributed by atoms with Gasteiger partial charge in [-0.1, -0.05) is 60.2 Å². The Hall–Kier alpha value is -2.82. The number of aryl methyl sites for hydroxylation is 2. The first-order valence-corrected chi connectivity index (χ1v) is 10.5. The first-order chi connectivity index (χ1) is 14.6. The molecule has 0 saturated heterocycles. The van der Waals surface area contributed by atoms with Gasteiger partial charge in [-0.25, -0.2) is 0 Å². The smallest absolute Gasteiger partial charge is 0.231 e. The zero-order valence-electron chi connectivity index (χ0n) is 17.7. The fraction of sp³-hybridized carbons (Fsp3) is 0.308. The molecule has 3 aromatic carbocycles. The molecule has 4 heteroatoms. The summed E-state index contributed by atoms with van der Waals surface area (Å²) in [6.45, 7) is 6.66. The molecule has 4 nitrogen and oxygen atoms in total. The Bertz CT molecular complexity index is 987. The molecule has 1 N–H and O–H groups in total. The Kier molecular flexibility index (Phi) is 6.36. The van der Waals surface area contributed by atoms with Gasteiger partial charge in [-0.05, 0) is 54.7 Å². The summed E-state index contributed by atoms with van der Waals surface area (Å²) in [4.78, 5) is 2.31. The number of fused-ring (bicyclic) bond motifs is 1. The Morgan fingerprint density at radius 3 is 2.50 bits per heavy atom. The van der Waals surface area contributed by atoms with Crippen LogP contribution in [-0.2, 0) is 19.5 Å². The average Bonchev–Trinajstić information content (AvgIpc) is 3.19. The van der Waals surface area contributed by atoms with Gasteiger partial charge in [-0.15, -0.1) is 0 Å². The van der Waals surface area contributed by atoms with Gasteiger partial charge in [0.2, 0.25) is 6.79 Å². The SMILES string of the molecule is Cc1ccc(C)c(CN(Cc2ccc3c(c2)OCO3)C[C@H](O)Cc2ccccc2)c1. The molecule has 156 valence electrons. The van der Waals surface area contributed by atoms with E-state index in [1.165, 1.54) is 16.7 Å². The lowest BCUT2D eigenvalue weighted by Gasteiger charge is -2.26. The van der Waals surface area contributed by atoms with Gasteiger partial charge in [0.05, 0.1) is 6.10 Å². The second-order valence-corrected chi connectivity index (χ2v) is 8.13. The van der Waals surface area contributed by atoms with Gasteiger partial charge in [-0.2, -0.15) is 0 Å². The van der Waals surface area contributed by atoms with Gasteiger partial charge >= 0.3 is 0 Å². The minimum atomic E-state index is -0.438. The van der Waals surface area contributed by atoms with Crippen LogP contribution >= 0.6 is 0 Å². The highest BCUT2D eigenvalue weighted by Crippen LogP contribution is 2.33. The predicted molar refractivity (Wildman–Crippen MR) is 119 cm³/mol. The topological polar surface area (TPSA) is 41.9 Å². The van der Waals surface area contributed by atoms with E-state index < -0.39 is 6.10 Å². The summed E-state index contributed by atoms with van der Waals surface area (Å²) in [6, 6.07) is 22.8. The van der Waals surface area contributed by atoms with Crippen LogP contribution in [0.5, 0.6) is 11.5 Å². The van der Waals surface area contributed by atoms with Gasteiger partial charge in [0.15, 0.2) is 11.5 Å². The van der Waals surface area contributed by atoms with Crippen LogP contribution in [0, 0.1) is 13.8 Å². The van der Waals surface area contributed by atoms with E-state index in [1.807, 2.05) is 30.3 Å². The lowest BCUT2D eigenvalue weighted by atomic mass is 10.0. The first kappa shape index (κ1) is 20.5. The van der Waals surface area contributed by atoms with Gasteiger partial charge in [0, 0.05) is 19.6 Å². The van der Waals surface area contributed by atoms with Gasteiger partial charge in [-0.3, -0.25) is 4.90 Å². The molecular formula is C26H29NO3. The lowest BCUT2D eigenvalue weighted by molar-refractivity contribution is 0.104. The third-order valence-electron chi connectivity index (χ3n) is 5.52. The second-order valence-electron chi connectivity index (χ2n) is 8.13. The molecule has 0 fully saturated rings. The van der Waals surface area contributed by atoms with E-state index in [-0.39, 0.29) is 6.79 Å². The molecular weight excluding hydrogens is 374 g/mol. The number of aliphatic hydroxyl groups excluding tert-OH is 1. The van der Waals surface area contributed by atoms with Crippen LogP contribution in [0.25, 0.3) is 0 Å². The standard InChI is InChI=1S/C26H29NO3/c1-19-8-9-20(2)23(12-19)16-27(17-24(28)13-21-6-4-3-5-7-21)15-22-10-11-25-26(14-22)30-18-29-25/h3-12,14,24,28H,13,15-18H2,1-2H3/t24-/m1/s1. The highest BCUT2D eigenvalue weighted by molar-refractivity contribution is 5.44. The molecule has 0 aliphatic carbocycles. The van der Waals surface area contributed by atoms with Crippen molar-refractivity contribution in [2.24, 2.45) is 0 Å². The van der Waals surface area contributed by atoms with Crippen LogP contribution in [-0.4, -0.2) is 29.4 Å². The van der Waals surface area contributed by atoms with Crippen molar-refractivity contribution in [1.82, 2.24) is 4.90 Å². The molecule has 0 unspecified atom stereocenters. The van der Waals surface area contributed by atoms with Crippen LogP contribution in [0.3, 0.4) is 0 Å². The Morgan fingerprint density at radius 2 is 1.67 bits per heavy atom. The van der Waals surface area contributed by atoms with Crippen molar-refractivity contribution in [1.29, 1.82) is 0 Å². The maximum atomic E-state index is 10.8. The number of hydrogen-bond acceptors (Lipinski definition) is 4. The molecule has 1 atom stereocenters.